The van der Waals surface area contributed by atoms with Gasteiger partial charge in [-0.25, -0.2) is 0 Å². The number of nitrogens with one attached hydrogen (secondary N) is 1. The smallest absolute Gasteiger partial charge is 0.0674 e. The molecule has 1 aliphatic heterocycles. The molecule has 1 saturated carbocycles. The minimum Gasteiger partial charge on any atom is -0.376 e. The number of hydrogen-bond donors (Lipinski definition) is 1. The lowest BCUT2D eigenvalue weighted by Crippen LogP contribution is -2.55. The zero-order valence-corrected chi connectivity index (χ0v) is 10.9. The van der Waals surface area contributed by atoms with Crippen molar-refractivity contribution in [3.8, 4) is 0 Å². The monoisotopic (exact) mass is 226 g/mol. The standard InChI is InChI=1S/C13H26N2O/c1-10(2)14-8-12-4-5-13(12)15-6-7-16-11(3)9-15/h10-14H,4-9H2,1-3H3. The van der Waals surface area contributed by atoms with E-state index in [1.54, 1.807) is 0 Å². The summed E-state index contributed by atoms with van der Waals surface area (Å²) in [4.78, 5) is 2.64. The van der Waals surface area contributed by atoms with E-state index >= 15 is 0 Å². The number of hydrogen-bond acceptors (Lipinski definition) is 3. The average molecular weight is 226 g/mol. The van der Waals surface area contributed by atoms with Crippen LogP contribution in [0.25, 0.3) is 0 Å². The third-order valence-electron chi connectivity index (χ3n) is 3.91. The van der Waals surface area contributed by atoms with Crippen LogP contribution in [-0.2, 0) is 4.74 Å². The van der Waals surface area contributed by atoms with E-state index in [0.29, 0.717) is 12.1 Å². The van der Waals surface area contributed by atoms with Gasteiger partial charge in [0.2, 0.25) is 0 Å². The molecule has 0 amide bonds. The van der Waals surface area contributed by atoms with Crippen LogP contribution in [0.3, 0.4) is 0 Å². The molecule has 2 aliphatic rings. The molecule has 3 nitrogen and oxygen atoms in total. The normalized spacial score (nSPS) is 36.4. The number of rotatable bonds is 4. The fourth-order valence-electron chi connectivity index (χ4n) is 2.80. The molecule has 1 aliphatic carbocycles. The van der Waals surface area contributed by atoms with Crippen LogP contribution in [-0.4, -0.2) is 49.3 Å². The molecule has 0 aromatic rings. The van der Waals surface area contributed by atoms with Crippen LogP contribution >= 0.6 is 0 Å². The van der Waals surface area contributed by atoms with Gasteiger partial charge >= 0.3 is 0 Å². The molecular formula is C13H26N2O. The second-order valence-electron chi connectivity index (χ2n) is 5.64. The van der Waals surface area contributed by atoms with Gasteiger partial charge in [-0.15, -0.1) is 0 Å². The van der Waals surface area contributed by atoms with Crippen LogP contribution in [0.5, 0.6) is 0 Å². The molecule has 0 bridgehead atoms. The van der Waals surface area contributed by atoms with Gasteiger partial charge in [-0.3, -0.25) is 4.90 Å². The van der Waals surface area contributed by atoms with Crippen molar-refractivity contribution in [1.29, 1.82) is 0 Å². The molecule has 0 spiro atoms. The van der Waals surface area contributed by atoms with Gasteiger partial charge in [-0.05, 0) is 32.2 Å². The fourth-order valence-corrected chi connectivity index (χ4v) is 2.80. The zero-order chi connectivity index (χ0) is 11.5. The first-order valence-corrected chi connectivity index (χ1v) is 6.76. The lowest BCUT2D eigenvalue weighted by molar-refractivity contribution is -0.0624. The quantitative estimate of drug-likeness (QED) is 0.786. The fraction of sp³-hybridized carbons (Fsp3) is 1.00. The van der Waals surface area contributed by atoms with E-state index in [1.165, 1.54) is 19.4 Å². The van der Waals surface area contributed by atoms with E-state index in [1.807, 2.05) is 0 Å². The van der Waals surface area contributed by atoms with Crippen LogP contribution in [0.4, 0.5) is 0 Å². The molecule has 1 saturated heterocycles. The van der Waals surface area contributed by atoms with Crippen molar-refractivity contribution in [3.05, 3.63) is 0 Å². The van der Waals surface area contributed by atoms with Crippen LogP contribution < -0.4 is 5.32 Å². The Bertz CT molecular complexity index is 220. The minimum atomic E-state index is 0.424. The largest absolute Gasteiger partial charge is 0.376 e. The molecule has 94 valence electrons. The predicted molar refractivity (Wildman–Crippen MR) is 66.6 cm³/mol. The summed E-state index contributed by atoms with van der Waals surface area (Å²) in [7, 11) is 0. The molecule has 3 unspecified atom stereocenters. The highest BCUT2D eigenvalue weighted by atomic mass is 16.5. The van der Waals surface area contributed by atoms with Crippen molar-refractivity contribution < 1.29 is 4.74 Å². The second-order valence-corrected chi connectivity index (χ2v) is 5.64. The van der Waals surface area contributed by atoms with Gasteiger partial charge in [0.15, 0.2) is 0 Å². The number of morpholine rings is 1. The first-order chi connectivity index (χ1) is 7.66. The summed E-state index contributed by atoms with van der Waals surface area (Å²) in [5.41, 5.74) is 0. The number of ether oxygens (including phenoxy) is 1. The van der Waals surface area contributed by atoms with Crippen LogP contribution in [0.2, 0.25) is 0 Å². The Kier molecular flexibility index (Phi) is 4.22. The maximum atomic E-state index is 5.60. The van der Waals surface area contributed by atoms with E-state index in [2.05, 4.69) is 31.0 Å². The highest BCUT2D eigenvalue weighted by Gasteiger charge is 2.36. The third kappa shape index (κ3) is 2.96. The van der Waals surface area contributed by atoms with E-state index in [4.69, 9.17) is 4.74 Å². The van der Waals surface area contributed by atoms with Crippen molar-refractivity contribution in [1.82, 2.24) is 10.2 Å². The summed E-state index contributed by atoms with van der Waals surface area (Å²) in [6.45, 7) is 11.0. The Morgan fingerprint density at radius 3 is 2.75 bits per heavy atom. The van der Waals surface area contributed by atoms with Gasteiger partial charge in [0, 0.05) is 25.2 Å². The zero-order valence-electron chi connectivity index (χ0n) is 10.9. The van der Waals surface area contributed by atoms with Gasteiger partial charge in [0.25, 0.3) is 0 Å². The Balaban J connectivity index is 1.76. The second kappa shape index (κ2) is 5.48. The van der Waals surface area contributed by atoms with E-state index < -0.39 is 0 Å². The van der Waals surface area contributed by atoms with E-state index in [9.17, 15) is 0 Å². The molecule has 0 aromatic heterocycles. The average Bonchev–Trinajstić information content (AvgIpc) is 2.15. The number of nitrogens with zero attached hydrogens (tertiary/aromatic N) is 1. The SMILES string of the molecule is CC(C)NCC1CCC1N1CCOC(C)C1. The van der Waals surface area contributed by atoms with Gasteiger partial charge in [-0.1, -0.05) is 13.8 Å². The Morgan fingerprint density at radius 2 is 2.19 bits per heavy atom. The molecule has 16 heavy (non-hydrogen) atoms. The highest BCUT2D eigenvalue weighted by molar-refractivity contribution is 4.91. The summed E-state index contributed by atoms with van der Waals surface area (Å²) < 4.78 is 5.60. The van der Waals surface area contributed by atoms with Crippen molar-refractivity contribution in [2.75, 3.05) is 26.2 Å². The molecule has 0 radical (unpaired) electrons. The minimum absolute atomic E-state index is 0.424. The Morgan fingerprint density at radius 1 is 1.38 bits per heavy atom. The molecule has 1 N–H and O–H groups in total. The lowest BCUT2D eigenvalue weighted by Gasteiger charge is -2.47. The topological polar surface area (TPSA) is 24.5 Å². The molecule has 0 aromatic carbocycles. The van der Waals surface area contributed by atoms with Crippen molar-refractivity contribution in [2.45, 2.75) is 51.8 Å². The Hall–Kier alpha value is -0.120. The Labute approximate surface area is 99.5 Å². The molecule has 2 fully saturated rings. The summed E-state index contributed by atoms with van der Waals surface area (Å²) >= 11 is 0. The first kappa shape index (κ1) is 12.3. The third-order valence-corrected chi connectivity index (χ3v) is 3.91. The molecule has 2 rings (SSSR count). The van der Waals surface area contributed by atoms with Gasteiger partial charge in [0.1, 0.15) is 0 Å². The molecule has 1 heterocycles. The molecular weight excluding hydrogens is 200 g/mol. The summed E-state index contributed by atoms with van der Waals surface area (Å²) in [5, 5.41) is 3.57. The van der Waals surface area contributed by atoms with Crippen LogP contribution in [0.15, 0.2) is 0 Å². The summed E-state index contributed by atoms with van der Waals surface area (Å²) in [6, 6.07) is 1.43. The summed E-state index contributed by atoms with van der Waals surface area (Å²) in [6.07, 6.45) is 3.21. The highest BCUT2D eigenvalue weighted by Crippen LogP contribution is 2.32. The van der Waals surface area contributed by atoms with Crippen molar-refractivity contribution >= 4 is 0 Å². The molecule has 3 atom stereocenters. The van der Waals surface area contributed by atoms with Crippen LogP contribution in [0.1, 0.15) is 33.6 Å². The van der Waals surface area contributed by atoms with E-state index in [0.717, 1.165) is 31.7 Å². The first-order valence-electron chi connectivity index (χ1n) is 6.76. The van der Waals surface area contributed by atoms with Crippen LogP contribution in [0, 0.1) is 5.92 Å². The van der Waals surface area contributed by atoms with Gasteiger partial charge in [0.05, 0.1) is 12.7 Å². The van der Waals surface area contributed by atoms with Gasteiger partial charge in [-0.2, -0.15) is 0 Å². The van der Waals surface area contributed by atoms with Crippen molar-refractivity contribution in [2.24, 2.45) is 5.92 Å². The maximum Gasteiger partial charge on any atom is 0.0674 e. The predicted octanol–water partition coefficient (Wildman–Crippen LogP) is 1.48. The lowest BCUT2D eigenvalue weighted by atomic mass is 9.78. The summed E-state index contributed by atoms with van der Waals surface area (Å²) in [5.74, 6) is 0.868. The van der Waals surface area contributed by atoms with E-state index in [-0.39, 0.29) is 0 Å². The maximum absolute atomic E-state index is 5.60. The van der Waals surface area contributed by atoms with Gasteiger partial charge < -0.3 is 10.1 Å². The van der Waals surface area contributed by atoms with Crippen molar-refractivity contribution in [3.63, 3.8) is 0 Å². The molecule has 3 heteroatoms.